The summed E-state index contributed by atoms with van der Waals surface area (Å²) >= 11 is 0. The summed E-state index contributed by atoms with van der Waals surface area (Å²) in [5, 5.41) is 0. The molecule has 38 heavy (non-hydrogen) atoms. The van der Waals surface area contributed by atoms with E-state index in [1.807, 2.05) is 0 Å². The summed E-state index contributed by atoms with van der Waals surface area (Å²) < 4.78 is 127. The van der Waals surface area contributed by atoms with E-state index in [1.165, 1.54) is 11.0 Å². The van der Waals surface area contributed by atoms with Gasteiger partial charge in [-0.05, 0) is 31.0 Å². The van der Waals surface area contributed by atoms with Gasteiger partial charge in [-0.3, -0.25) is 4.98 Å². The summed E-state index contributed by atoms with van der Waals surface area (Å²) in [6.45, 7) is -2.53. The van der Waals surface area contributed by atoms with Crippen LogP contribution >= 0.6 is 0 Å². The largest absolute Gasteiger partial charge is 0.511 e. The zero-order valence-corrected chi connectivity index (χ0v) is 20.7. The van der Waals surface area contributed by atoms with Crippen LogP contribution in [0.25, 0.3) is 0 Å². The van der Waals surface area contributed by atoms with Gasteiger partial charge in [0.15, 0.2) is 5.82 Å². The Kier molecular flexibility index (Phi) is 7.83. The van der Waals surface area contributed by atoms with Crippen LogP contribution in [0.15, 0.2) is 30.5 Å². The number of hydrogen-bond donors (Lipinski definition) is 1. The van der Waals surface area contributed by atoms with Crippen molar-refractivity contribution in [1.29, 1.82) is 0 Å². The number of rotatable bonds is 6. The minimum Gasteiger partial charge on any atom is -0.396 e. The Morgan fingerprint density at radius 2 is 1.79 bits per heavy atom. The summed E-state index contributed by atoms with van der Waals surface area (Å²) in [5.74, 6) is -0.826. The van der Waals surface area contributed by atoms with Crippen LogP contribution in [-0.2, 0) is 34.0 Å². The third-order valence-electron chi connectivity index (χ3n) is 6.69. The van der Waals surface area contributed by atoms with Crippen molar-refractivity contribution in [2.45, 2.75) is 62.6 Å². The number of nitrogens with zero attached hydrogens (tertiary/aromatic N) is 3. The first kappa shape index (κ1) is 28.4. The van der Waals surface area contributed by atoms with E-state index in [9.17, 15) is 39.2 Å². The molecule has 1 aromatic heterocycles. The normalized spacial score (nSPS) is 20.0. The van der Waals surface area contributed by atoms with E-state index in [1.54, 1.807) is 0 Å². The molecule has 0 bridgehead atoms. The molecule has 0 saturated heterocycles. The SMILES string of the molecule is Nc1cc(CN2c3cccc(C(F)(F)F)c3CN(S(=O)(=O)C(F)(F)F)CC2COC2CCCC2)ncc1F. The van der Waals surface area contributed by atoms with E-state index in [0.29, 0.717) is 18.9 Å². The summed E-state index contributed by atoms with van der Waals surface area (Å²) in [6, 6.07) is 3.06. The molecule has 0 radical (unpaired) electrons. The summed E-state index contributed by atoms with van der Waals surface area (Å²) in [5.41, 5.74) is -2.34. The van der Waals surface area contributed by atoms with Crippen LogP contribution in [0, 0.1) is 5.82 Å². The molecule has 7 nitrogen and oxygen atoms in total. The quantitative estimate of drug-likeness (QED) is 0.501. The number of benzene rings is 1. The highest BCUT2D eigenvalue weighted by Crippen LogP contribution is 2.41. The van der Waals surface area contributed by atoms with Crippen molar-refractivity contribution < 1.29 is 43.9 Å². The lowest BCUT2D eigenvalue weighted by Gasteiger charge is -2.34. The van der Waals surface area contributed by atoms with Gasteiger partial charge in [-0.15, -0.1) is 0 Å². The minimum atomic E-state index is -6.01. The molecule has 1 atom stereocenters. The molecule has 15 heteroatoms. The minimum absolute atomic E-state index is 0.0101. The van der Waals surface area contributed by atoms with Crippen molar-refractivity contribution in [2.75, 3.05) is 23.8 Å². The highest BCUT2D eigenvalue weighted by molar-refractivity contribution is 7.89. The highest BCUT2D eigenvalue weighted by atomic mass is 32.2. The van der Waals surface area contributed by atoms with Gasteiger partial charge in [0.1, 0.15) is 0 Å². The predicted molar refractivity (Wildman–Crippen MR) is 124 cm³/mol. The number of anilines is 2. The van der Waals surface area contributed by atoms with Crippen LogP contribution in [0.1, 0.15) is 42.5 Å². The lowest BCUT2D eigenvalue weighted by Crippen LogP contribution is -2.49. The topological polar surface area (TPSA) is 88.8 Å². The second kappa shape index (κ2) is 10.5. The fraction of sp³-hybridized carbons (Fsp3) is 0.522. The Balaban J connectivity index is 1.85. The lowest BCUT2D eigenvalue weighted by atomic mass is 10.0. The molecule has 0 amide bonds. The molecule has 2 N–H and O–H groups in total. The molecule has 1 aliphatic heterocycles. The molecule has 1 saturated carbocycles. The maximum Gasteiger partial charge on any atom is 0.511 e. The average molecular weight is 571 g/mol. The standard InChI is InChI=1S/C23H25F7N4O3S/c24-19-9-32-14(8-20(19)31)10-34-15(13-37-16-4-1-2-5-16)11-33(38(35,36)23(28,29)30)12-17-18(22(25,26)27)6-3-7-21(17)34/h3,6-9,15-16H,1-2,4-5,10-13H2,(H2,31,32). The van der Waals surface area contributed by atoms with Gasteiger partial charge in [-0.1, -0.05) is 18.9 Å². The Morgan fingerprint density at radius 1 is 1.11 bits per heavy atom. The third kappa shape index (κ3) is 5.83. The van der Waals surface area contributed by atoms with E-state index in [4.69, 9.17) is 10.5 Å². The maximum absolute atomic E-state index is 14.0. The van der Waals surface area contributed by atoms with Gasteiger partial charge in [0.25, 0.3) is 0 Å². The summed E-state index contributed by atoms with van der Waals surface area (Å²) in [6.07, 6.45) is -1.23. The van der Waals surface area contributed by atoms with Crippen LogP contribution in [0.4, 0.5) is 42.1 Å². The number of nitrogen functional groups attached to an aromatic ring is 1. The molecule has 0 spiro atoms. The van der Waals surface area contributed by atoms with Crippen molar-refractivity contribution in [2.24, 2.45) is 0 Å². The van der Waals surface area contributed by atoms with Crippen LogP contribution in [0.2, 0.25) is 0 Å². The molecular weight excluding hydrogens is 545 g/mol. The fourth-order valence-electron chi connectivity index (χ4n) is 4.80. The van der Waals surface area contributed by atoms with E-state index < -0.39 is 57.8 Å². The third-order valence-corrected chi connectivity index (χ3v) is 8.23. The van der Waals surface area contributed by atoms with Gasteiger partial charge >= 0.3 is 21.7 Å². The summed E-state index contributed by atoms with van der Waals surface area (Å²) in [7, 11) is -6.01. The van der Waals surface area contributed by atoms with Gasteiger partial charge in [0.2, 0.25) is 0 Å². The first-order chi connectivity index (χ1) is 17.7. The average Bonchev–Trinajstić information content (AvgIpc) is 3.28. The van der Waals surface area contributed by atoms with E-state index in [0.717, 1.165) is 31.2 Å². The van der Waals surface area contributed by atoms with Crippen LogP contribution < -0.4 is 10.6 Å². The molecule has 4 rings (SSSR count). The summed E-state index contributed by atoms with van der Waals surface area (Å²) in [4.78, 5) is 5.24. The zero-order valence-electron chi connectivity index (χ0n) is 19.9. The first-order valence-electron chi connectivity index (χ1n) is 11.7. The lowest BCUT2D eigenvalue weighted by molar-refractivity contribution is -0.138. The molecule has 1 unspecified atom stereocenters. The Labute approximate surface area is 214 Å². The van der Waals surface area contributed by atoms with Gasteiger partial charge in [0.05, 0.1) is 48.4 Å². The molecular formula is C23H25F7N4O3S. The number of pyridine rings is 1. The van der Waals surface area contributed by atoms with E-state index >= 15 is 0 Å². The maximum atomic E-state index is 14.0. The van der Waals surface area contributed by atoms with Crippen LogP contribution in [-0.4, -0.2) is 48.5 Å². The number of sulfonamides is 1. The van der Waals surface area contributed by atoms with Crippen molar-refractivity contribution in [3.63, 3.8) is 0 Å². The molecule has 2 aliphatic rings. The Bertz CT molecular complexity index is 1260. The molecule has 2 aromatic rings. The fourth-order valence-corrected chi connectivity index (χ4v) is 5.76. The molecule has 2 heterocycles. The molecule has 1 aromatic carbocycles. The van der Waals surface area contributed by atoms with Crippen molar-refractivity contribution in [1.82, 2.24) is 9.29 Å². The Morgan fingerprint density at radius 3 is 2.39 bits per heavy atom. The second-order valence-electron chi connectivity index (χ2n) is 9.26. The number of ether oxygens (including phenoxy) is 1. The molecule has 1 fully saturated rings. The number of halogens is 7. The van der Waals surface area contributed by atoms with Crippen molar-refractivity contribution in [3.8, 4) is 0 Å². The predicted octanol–water partition coefficient (Wildman–Crippen LogP) is 4.82. The van der Waals surface area contributed by atoms with Gasteiger partial charge in [0, 0.05) is 24.3 Å². The van der Waals surface area contributed by atoms with Gasteiger partial charge in [-0.25, -0.2) is 12.8 Å². The van der Waals surface area contributed by atoms with Crippen LogP contribution in [0.5, 0.6) is 0 Å². The monoisotopic (exact) mass is 570 g/mol. The zero-order chi connectivity index (χ0) is 27.9. The second-order valence-corrected chi connectivity index (χ2v) is 11.2. The highest BCUT2D eigenvalue weighted by Gasteiger charge is 2.52. The van der Waals surface area contributed by atoms with E-state index in [-0.39, 0.29) is 40.6 Å². The Hall–Kier alpha value is -2.65. The number of hydrogen-bond acceptors (Lipinski definition) is 6. The molecule has 210 valence electrons. The molecule has 1 aliphatic carbocycles. The number of aromatic nitrogens is 1. The van der Waals surface area contributed by atoms with Gasteiger partial charge < -0.3 is 15.4 Å². The van der Waals surface area contributed by atoms with Gasteiger partial charge in [-0.2, -0.15) is 30.6 Å². The van der Waals surface area contributed by atoms with Crippen molar-refractivity contribution >= 4 is 21.4 Å². The van der Waals surface area contributed by atoms with Crippen LogP contribution in [0.3, 0.4) is 0 Å². The number of nitrogens with two attached hydrogens (primary N) is 1. The number of fused-ring (bicyclic) bond motifs is 1. The van der Waals surface area contributed by atoms with E-state index in [2.05, 4.69) is 4.98 Å². The van der Waals surface area contributed by atoms with Crippen molar-refractivity contribution in [3.05, 3.63) is 53.1 Å². The first-order valence-corrected chi connectivity index (χ1v) is 13.2. The number of alkyl halides is 6. The smallest absolute Gasteiger partial charge is 0.396 e.